The van der Waals surface area contributed by atoms with E-state index in [2.05, 4.69) is 6.58 Å². The number of carbonyl (C=O) groups excluding carboxylic acids is 1. The van der Waals surface area contributed by atoms with Crippen LogP contribution in [0.15, 0.2) is 12.2 Å². The second-order valence-electron chi connectivity index (χ2n) is 9.23. The highest BCUT2D eigenvalue weighted by Crippen LogP contribution is 2.71. The average molecular weight is 348 g/mol. The van der Waals surface area contributed by atoms with Crippen molar-refractivity contribution in [3.05, 3.63) is 12.2 Å². The Morgan fingerprint density at radius 1 is 1.24 bits per heavy atom. The Labute approximate surface area is 148 Å². The first-order valence-corrected chi connectivity index (χ1v) is 9.50. The molecule has 5 saturated carbocycles. The SMILES string of the molecule is C=C1C(=O)C23CC[C@@H]1CC2[C@]1(C(=O)O)CCC[C@@](C)(CO)C1C[C@H]3O. The fraction of sp³-hybridized carbons (Fsp3) is 0.800. The number of aliphatic hydroxyl groups is 2. The molecule has 7 atom stereocenters. The monoisotopic (exact) mass is 348 g/mol. The number of hydrogen-bond acceptors (Lipinski definition) is 4. The van der Waals surface area contributed by atoms with Gasteiger partial charge < -0.3 is 15.3 Å². The predicted octanol–water partition coefficient (Wildman–Crippen LogP) is 2.16. The summed E-state index contributed by atoms with van der Waals surface area (Å²) in [5.74, 6) is -1.55. The molecule has 2 bridgehead atoms. The Morgan fingerprint density at radius 2 is 1.96 bits per heavy atom. The third-order valence-electron chi connectivity index (χ3n) is 8.49. The van der Waals surface area contributed by atoms with Crippen molar-refractivity contribution in [3.63, 3.8) is 0 Å². The van der Waals surface area contributed by atoms with E-state index < -0.39 is 28.3 Å². The van der Waals surface area contributed by atoms with Crippen LogP contribution in [0.4, 0.5) is 0 Å². The van der Waals surface area contributed by atoms with Gasteiger partial charge >= 0.3 is 5.97 Å². The van der Waals surface area contributed by atoms with Crippen LogP contribution in [0.3, 0.4) is 0 Å². The van der Waals surface area contributed by atoms with Crippen LogP contribution in [0.25, 0.3) is 0 Å². The van der Waals surface area contributed by atoms with Crippen LogP contribution in [0.2, 0.25) is 0 Å². The number of aliphatic hydroxyl groups excluding tert-OH is 2. The molecule has 0 aromatic rings. The zero-order valence-corrected chi connectivity index (χ0v) is 14.8. The molecule has 5 nitrogen and oxygen atoms in total. The van der Waals surface area contributed by atoms with Crippen LogP contribution in [-0.2, 0) is 9.59 Å². The van der Waals surface area contributed by atoms with Crippen molar-refractivity contribution in [2.75, 3.05) is 6.61 Å². The van der Waals surface area contributed by atoms with E-state index in [0.29, 0.717) is 24.8 Å². The lowest BCUT2D eigenvalue weighted by atomic mass is 9.35. The maximum absolute atomic E-state index is 13.1. The number of fused-ring (bicyclic) bond motifs is 3. The topological polar surface area (TPSA) is 94.8 Å². The number of carbonyl (C=O) groups is 2. The molecule has 3 N–H and O–H groups in total. The lowest BCUT2D eigenvalue weighted by molar-refractivity contribution is -0.230. The fourth-order valence-electron chi connectivity index (χ4n) is 7.19. The highest BCUT2D eigenvalue weighted by molar-refractivity contribution is 6.03. The third-order valence-corrected chi connectivity index (χ3v) is 8.49. The maximum Gasteiger partial charge on any atom is 0.310 e. The summed E-state index contributed by atoms with van der Waals surface area (Å²) in [5, 5.41) is 31.5. The van der Waals surface area contributed by atoms with Gasteiger partial charge in [-0.2, -0.15) is 0 Å². The number of rotatable bonds is 2. The van der Waals surface area contributed by atoms with E-state index >= 15 is 0 Å². The molecule has 0 aromatic heterocycles. The maximum atomic E-state index is 13.1. The number of Topliss-reactive ketones (excluding diaryl/α,β-unsaturated/α-hetero) is 1. The summed E-state index contributed by atoms with van der Waals surface area (Å²) < 4.78 is 0. The van der Waals surface area contributed by atoms with Gasteiger partial charge in [0.25, 0.3) is 0 Å². The first kappa shape index (κ1) is 17.2. The summed E-state index contributed by atoms with van der Waals surface area (Å²) >= 11 is 0. The highest BCUT2D eigenvalue weighted by Gasteiger charge is 2.73. The van der Waals surface area contributed by atoms with Gasteiger partial charge in [-0.15, -0.1) is 0 Å². The molecule has 0 aliphatic heterocycles. The average Bonchev–Trinajstić information content (AvgIpc) is 2.60. The van der Waals surface area contributed by atoms with Gasteiger partial charge in [0.2, 0.25) is 0 Å². The molecule has 0 heterocycles. The van der Waals surface area contributed by atoms with Crippen molar-refractivity contribution in [2.24, 2.45) is 34.0 Å². The first-order valence-electron chi connectivity index (χ1n) is 9.50. The summed E-state index contributed by atoms with van der Waals surface area (Å²) in [7, 11) is 0. The molecule has 0 radical (unpaired) electrons. The molecule has 3 unspecified atom stereocenters. The van der Waals surface area contributed by atoms with Gasteiger partial charge in [0.1, 0.15) is 0 Å². The van der Waals surface area contributed by atoms with E-state index in [1.165, 1.54) is 0 Å². The first-order chi connectivity index (χ1) is 11.7. The quantitative estimate of drug-likeness (QED) is 0.665. The molecule has 25 heavy (non-hydrogen) atoms. The predicted molar refractivity (Wildman–Crippen MR) is 90.6 cm³/mol. The lowest BCUT2D eigenvalue weighted by Crippen LogP contribution is -2.70. The van der Waals surface area contributed by atoms with Gasteiger partial charge in [0.05, 0.1) is 16.9 Å². The van der Waals surface area contributed by atoms with Gasteiger partial charge in [-0.05, 0) is 67.3 Å². The molecule has 5 aliphatic carbocycles. The Morgan fingerprint density at radius 3 is 2.60 bits per heavy atom. The minimum Gasteiger partial charge on any atom is -0.481 e. The van der Waals surface area contributed by atoms with Crippen LogP contribution in [0.1, 0.15) is 51.9 Å². The van der Waals surface area contributed by atoms with Crippen molar-refractivity contribution in [3.8, 4) is 0 Å². The minimum absolute atomic E-state index is 0.0452. The molecular weight excluding hydrogens is 320 g/mol. The number of hydrogen-bond donors (Lipinski definition) is 3. The number of carboxylic acid groups (broad SMARTS) is 1. The number of allylic oxidation sites excluding steroid dienone is 1. The molecule has 5 heteroatoms. The van der Waals surface area contributed by atoms with Gasteiger partial charge in [0, 0.05) is 6.61 Å². The Kier molecular flexibility index (Phi) is 3.56. The van der Waals surface area contributed by atoms with E-state index in [-0.39, 0.29) is 36.6 Å². The van der Waals surface area contributed by atoms with Gasteiger partial charge in [-0.1, -0.05) is 19.9 Å². The van der Waals surface area contributed by atoms with E-state index in [1.54, 1.807) is 0 Å². The van der Waals surface area contributed by atoms with Gasteiger partial charge in [-0.3, -0.25) is 9.59 Å². The molecule has 5 rings (SSSR count). The van der Waals surface area contributed by atoms with Crippen molar-refractivity contribution in [1.29, 1.82) is 0 Å². The van der Waals surface area contributed by atoms with E-state index in [1.807, 2.05) is 6.92 Å². The van der Waals surface area contributed by atoms with E-state index in [4.69, 9.17) is 0 Å². The smallest absolute Gasteiger partial charge is 0.310 e. The van der Waals surface area contributed by atoms with Crippen LogP contribution in [0.5, 0.6) is 0 Å². The zero-order valence-electron chi connectivity index (χ0n) is 14.8. The molecule has 0 saturated heterocycles. The number of aliphatic carboxylic acids is 1. The van der Waals surface area contributed by atoms with Gasteiger partial charge in [0.15, 0.2) is 5.78 Å². The van der Waals surface area contributed by atoms with Gasteiger partial charge in [-0.25, -0.2) is 0 Å². The van der Waals surface area contributed by atoms with Crippen LogP contribution in [0, 0.1) is 34.0 Å². The summed E-state index contributed by atoms with van der Waals surface area (Å²) in [5.41, 5.74) is -1.93. The minimum atomic E-state index is -1.02. The summed E-state index contributed by atoms with van der Waals surface area (Å²) in [4.78, 5) is 25.8. The highest BCUT2D eigenvalue weighted by atomic mass is 16.4. The van der Waals surface area contributed by atoms with E-state index in [0.717, 1.165) is 19.3 Å². The zero-order chi connectivity index (χ0) is 18.2. The largest absolute Gasteiger partial charge is 0.481 e. The molecule has 0 aromatic carbocycles. The van der Waals surface area contributed by atoms with E-state index in [9.17, 15) is 24.9 Å². The van der Waals surface area contributed by atoms with Crippen LogP contribution in [-0.4, -0.2) is 39.8 Å². The van der Waals surface area contributed by atoms with Crippen LogP contribution < -0.4 is 0 Å². The Bertz CT molecular complexity index is 656. The van der Waals surface area contributed by atoms with Crippen LogP contribution >= 0.6 is 0 Å². The molecule has 1 spiro atoms. The second kappa shape index (κ2) is 5.17. The molecule has 0 amide bonds. The Hall–Kier alpha value is -1.20. The lowest BCUT2D eigenvalue weighted by Gasteiger charge is -2.67. The number of carboxylic acids is 1. The standard InChI is InChI=1S/C20H28O5/c1-11-12-4-7-20(16(11)23)14(8-12)19(17(24)25)6-3-5-18(2,10-21)13(19)9-15(20)22/h12-15,21-22H,1,3-10H2,2H3,(H,24,25)/t12-,13?,14?,15-,18+,19+,20?/m1/s1. The molecule has 138 valence electrons. The van der Waals surface area contributed by atoms with Crippen molar-refractivity contribution in [2.45, 2.75) is 58.0 Å². The van der Waals surface area contributed by atoms with Crippen molar-refractivity contribution in [1.82, 2.24) is 0 Å². The molecular formula is C20H28O5. The second-order valence-corrected chi connectivity index (χ2v) is 9.23. The van der Waals surface area contributed by atoms with Crippen molar-refractivity contribution >= 4 is 11.8 Å². The molecule has 5 aliphatic rings. The van der Waals surface area contributed by atoms with Crippen molar-refractivity contribution < 1.29 is 24.9 Å². The fourth-order valence-corrected chi connectivity index (χ4v) is 7.19. The summed E-state index contributed by atoms with van der Waals surface area (Å²) in [6, 6.07) is 0. The number of ketones is 1. The third kappa shape index (κ3) is 1.81. The molecule has 5 fully saturated rings. The Balaban J connectivity index is 1.91. The summed E-state index contributed by atoms with van der Waals surface area (Å²) in [6.07, 6.45) is 3.49. The normalized spacial score (nSPS) is 51.8. The summed E-state index contributed by atoms with van der Waals surface area (Å²) in [6.45, 7) is 5.83.